The van der Waals surface area contributed by atoms with Gasteiger partial charge in [-0.05, 0) is 17.7 Å². The third-order valence-corrected chi connectivity index (χ3v) is 4.65. The molecule has 0 aliphatic carbocycles. The van der Waals surface area contributed by atoms with Gasteiger partial charge in [0.05, 0.1) is 25.2 Å². The standard InChI is InChI=1S/C15H19N3O2S/c1-19-12-4-2-11(3-5-12)10-13-14(16)17-15(21-13)18-6-8-20-9-7-18/h2-5H,6-10,16H2,1H3. The first-order valence-electron chi connectivity index (χ1n) is 6.97. The van der Waals surface area contributed by atoms with Crippen molar-refractivity contribution in [2.24, 2.45) is 0 Å². The van der Waals surface area contributed by atoms with Crippen molar-refractivity contribution in [2.75, 3.05) is 44.0 Å². The number of benzene rings is 1. The Morgan fingerprint density at radius 3 is 2.67 bits per heavy atom. The Hall–Kier alpha value is -1.79. The second-order valence-corrected chi connectivity index (χ2v) is 5.99. The van der Waals surface area contributed by atoms with Crippen molar-refractivity contribution in [3.8, 4) is 5.75 Å². The van der Waals surface area contributed by atoms with Crippen LogP contribution >= 0.6 is 11.3 Å². The lowest BCUT2D eigenvalue weighted by Crippen LogP contribution is -2.36. The van der Waals surface area contributed by atoms with E-state index in [9.17, 15) is 0 Å². The molecule has 0 atom stereocenters. The van der Waals surface area contributed by atoms with Crippen LogP contribution in [-0.4, -0.2) is 38.4 Å². The zero-order chi connectivity index (χ0) is 14.7. The molecule has 1 fully saturated rings. The lowest BCUT2D eigenvalue weighted by Gasteiger charge is -2.25. The highest BCUT2D eigenvalue weighted by Gasteiger charge is 2.17. The summed E-state index contributed by atoms with van der Waals surface area (Å²) in [5.41, 5.74) is 7.28. The minimum atomic E-state index is 0.636. The molecular formula is C15H19N3O2S. The van der Waals surface area contributed by atoms with Crippen molar-refractivity contribution in [2.45, 2.75) is 6.42 Å². The number of rotatable bonds is 4. The minimum Gasteiger partial charge on any atom is -0.497 e. The highest BCUT2D eigenvalue weighted by Crippen LogP contribution is 2.30. The van der Waals surface area contributed by atoms with Crippen LogP contribution in [0.25, 0.3) is 0 Å². The Kier molecular flexibility index (Phi) is 4.26. The van der Waals surface area contributed by atoms with Gasteiger partial charge in [0.1, 0.15) is 11.6 Å². The fourth-order valence-electron chi connectivity index (χ4n) is 2.30. The molecule has 1 aliphatic rings. The van der Waals surface area contributed by atoms with E-state index in [2.05, 4.69) is 22.0 Å². The molecule has 0 bridgehead atoms. The predicted octanol–water partition coefficient (Wildman–Crippen LogP) is 2.16. The van der Waals surface area contributed by atoms with Crippen LogP contribution in [0.1, 0.15) is 10.4 Å². The van der Waals surface area contributed by atoms with Crippen LogP contribution in [0.4, 0.5) is 10.9 Å². The van der Waals surface area contributed by atoms with Gasteiger partial charge < -0.3 is 20.1 Å². The lowest BCUT2D eigenvalue weighted by molar-refractivity contribution is 0.122. The second kappa shape index (κ2) is 6.32. The topological polar surface area (TPSA) is 60.6 Å². The lowest BCUT2D eigenvalue weighted by atomic mass is 10.1. The summed E-state index contributed by atoms with van der Waals surface area (Å²) in [6.07, 6.45) is 0.803. The SMILES string of the molecule is COc1ccc(Cc2sc(N3CCOCC3)nc2N)cc1. The molecule has 0 amide bonds. The van der Waals surface area contributed by atoms with E-state index in [0.29, 0.717) is 5.82 Å². The van der Waals surface area contributed by atoms with Crippen molar-refractivity contribution in [1.82, 2.24) is 4.98 Å². The summed E-state index contributed by atoms with van der Waals surface area (Å²) in [7, 11) is 1.67. The van der Waals surface area contributed by atoms with Crippen molar-refractivity contribution in [1.29, 1.82) is 0 Å². The number of aromatic nitrogens is 1. The Balaban J connectivity index is 1.74. The van der Waals surface area contributed by atoms with Gasteiger partial charge in [0.25, 0.3) is 0 Å². The normalized spacial score (nSPS) is 15.2. The van der Waals surface area contributed by atoms with Gasteiger partial charge in [0.2, 0.25) is 0 Å². The van der Waals surface area contributed by atoms with Crippen LogP contribution in [0, 0.1) is 0 Å². The zero-order valence-electron chi connectivity index (χ0n) is 12.0. The number of anilines is 2. The maximum Gasteiger partial charge on any atom is 0.187 e. The fraction of sp³-hybridized carbons (Fsp3) is 0.400. The van der Waals surface area contributed by atoms with Gasteiger partial charge in [0, 0.05) is 19.5 Å². The molecule has 0 spiro atoms. The van der Waals surface area contributed by atoms with Gasteiger partial charge in [-0.3, -0.25) is 0 Å². The van der Waals surface area contributed by atoms with E-state index in [-0.39, 0.29) is 0 Å². The zero-order valence-corrected chi connectivity index (χ0v) is 12.9. The number of morpholine rings is 1. The summed E-state index contributed by atoms with van der Waals surface area (Å²) in [5, 5.41) is 0.999. The van der Waals surface area contributed by atoms with Gasteiger partial charge >= 0.3 is 0 Å². The number of nitrogens with two attached hydrogens (primary N) is 1. The highest BCUT2D eigenvalue weighted by molar-refractivity contribution is 7.16. The third-order valence-electron chi connectivity index (χ3n) is 3.52. The van der Waals surface area contributed by atoms with Crippen LogP contribution in [-0.2, 0) is 11.2 Å². The number of thiazole rings is 1. The summed E-state index contributed by atoms with van der Waals surface area (Å²) >= 11 is 1.67. The molecule has 5 nitrogen and oxygen atoms in total. The molecule has 21 heavy (non-hydrogen) atoms. The van der Waals surface area contributed by atoms with Crippen LogP contribution in [0.3, 0.4) is 0 Å². The Labute approximate surface area is 128 Å². The van der Waals surface area contributed by atoms with Crippen LogP contribution in [0.5, 0.6) is 5.75 Å². The maximum absolute atomic E-state index is 6.07. The highest BCUT2D eigenvalue weighted by atomic mass is 32.1. The first-order chi connectivity index (χ1) is 10.3. The molecule has 1 aliphatic heterocycles. The number of nitrogen functional groups attached to an aromatic ring is 1. The van der Waals surface area contributed by atoms with Gasteiger partial charge in [-0.2, -0.15) is 0 Å². The van der Waals surface area contributed by atoms with E-state index < -0.39 is 0 Å². The molecule has 6 heteroatoms. The largest absolute Gasteiger partial charge is 0.497 e. The summed E-state index contributed by atoms with van der Waals surface area (Å²) in [6.45, 7) is 3.28. The molecule has 2 N–H and O–H groups in total. The smallest absolute Gasteiger partial charge is 0.187 e. The van der Waals surface area contributed by atoms with E-state index >= 15 is 0 Å². The summed E-state index contributed by atoms with van der Waals surface area (Å²) < 4.78 is 10.5. The van der Waals surface area contributed by atoms with Gasteiger partial charge in [-0.1, -0.05) is 23.5 Å². The second-order valence-electron chi connectivity index (χ2n) is 4.93. The van der Waals surface area contributed by atoms with Crippen molar-refractivity contribution >= 4 is 22.3 Å². The molecule has 0 radical (unpaired) electrons. The number of hydrogen-bond donors (Lipinski definition) is 1. The molecule has 2 heterocycles. The van der Waals surface area contributed by atoms with Crippen LogP contribution in [0.2, 0.25) is 0 Å². The van der Waals surface area contributed by atoms with E-state index in [1.54, 1.807) is 18.4 Å². The Morgan fingerprint density at radius 1 is 1.29 bits per heavy atom. The Morgan fingerprint density at radius 2 is 2.00 bits per heavy atom. The molecule has 1 aromatic carbocycles. The van der Waals surface area contributed by atoms with Crippen LogP contribution < -0.4 is 15.4 Å². The first kappa shape index (κ1) is 14.2. The maximum atomic E-state index is 6.07. The number of ether oxygens (including phenoxy) is 2. The van der Waals surface area contributed by atoms with E-state index in [4.69, 9.17) is 15.2 Å². The van der Waals surface area contributed by atoms with Crippen molar-refractivity contribution < 1.29 is 9.47 Å². The number of nitrogens with zero attached hydrogens (tertiary/aromatic N) is 2. The monoisotopic (exact) mass is 305 g/mol. The molecule has 112 valence electrons. The molecule has 3 rings (SSSR count). The summed E-state index contributed by atoms with van der Waals surface area (Å²) in [6, 6.07) is 8.06. The average molecular weight is 305 g/mol. The van der Waals surface area contributed by atoms with Crippen molar-refractivity contribution in [3.63, 3.8) is 0 Å². The minimum absolute atomic E-state index is 0.636. The van der Waals surface area contributed by atoms with Crippen molar-refractivity contribution in [3.05, 3.63) is 34.7 Å². The molecule has 2 aromatic rings. The van der Waals surface area contributed by atoms with Gasteiger partial charge in [-0.25, -0.2) is 4.98 Å². The van der Waals surface area contributed by atoms with E-state index in [0.717, 1.165) is 48.5 Å². The number of methoxy groups -OCH3 is 1. The van der Waals surface area contributed by atoms with E-state index in [1.165, 1.54) is 5.56 Å². The summed E-state index contributed by atoms with van der Waals surface area (Å²) in [4.78, 5) is 7.86. The van der Waals surface area contributed by atoms with E-state index in [1.807, 2.05) is 12.1 Å². The molecular weight excluding hydrogens is 286 g/mol. The quantitative estimate of drug-likeness (QED) is 0.938. The Bertz CT molecular complexity index is 591. The molecule has 0 saturated carbocycles. The average Bonchev–Trinajstić information content (AvgIpc) is 2.90. The van der Waals surface area contributed by atoms with Gasteiger partial charge in [0.15, 0.2) is 5.13 Å². The first-order valence-corrected chi connectivity index (χ1v) is 7.78. The predicted molar refractivity (Wildman–Crippen MR) is 85.4 cm³/mol. The number of hydrogen-bond acceptors (Lipinski definition) is 6. The third kappa shape index (κ3) is 3.28. The molecule has 0 unspecified atom stereocenters. The molecule has 1 saturated heterocycles. The van der Waals surface area contributed by atoms with Crippen LogP contribution in [0.15, 0.2) is 24.3 Å². The molecule has 1 aromatic heterocycles. The summed E-state index contributed by atoms with van der Waals surface area (Å²) in [5.74, 6) is 1.50. The fourth-order valence-corrected chi connectivity index (χ4v) is 3.36. The van der Waals surface area contributed by atoms with Gasteiger partial charge in [-0.15, -0.1) is 0 Å².